The summed E-state index contributed by atoms with van der Waals surface area (Å²) in [5, 5.41) is 0. The lowest BCUT2D eigenvalue weighted by molar-refractivity contribution is 0.357. The third-order valence-electron chi connectivity index (χ3n) is 1.84. The molecule has 0 radical (unpaired) electrons. The van der Waals surface area contributed by atoms with E-state index in [1.165, 1.54) is 17.5 Å². The molecule has 1 nitrogen and oxygen atoms in total. The van der Waals surface area contributed by atoms with Gasteiger partial charge < -0.3 is 4.74 Å². The first-order valence-electron chi connectivity index (χ1n) is 5.00. The van der Waals surface area contributed by atoms with Crippen molar-refractivity contribution in [3.05, 3.63) is 29.3 Å². The topological polar surface area (TPSA) is 9.23 Å². The van der Waals surface area contributed by atoms with Gasteiger partial charge in [0.1, 0.15) is 5.75 Å². The van der Waals surface area contributed by atoms with Gasteiger partial charge in [0, 0.05) is 6.42 Å². The van der Waals surface area contributed by atoms with Gasteiger partial charge in [-0.1, -0.05) is 38.0 Å². The van der Waals surface area contributed by atoms with Crippen molar-refractivity contribution in [2.24, 2.45) is 0 Å². The minimum absolute atomic E-state index is 0.860. The van der Waals surface area contributed by atoms with E-state index in [0.717, 1.165) is 18.8 Å². The first-order valence-corrected chi connectivity index (χ1v) is 5.00. The first kappa shape index (κ1) is 10.1. The van der Waals surface area contributed by atoms with Crippen molar-refractivity contribution in [1.82, 2.24) is 0 Å². The van der Waals surface area contributed by atoms with Crippen molar-refractivity contribution in [3.8, 4) is 5.75 Å². The SMILES string of the molecule is CCC.Cc1ccc2c(c1)CCO2. The predicted molar refractivity (Wildman–Crippen MR) is 56.3 cm³/mol. The Bertz CT molecular complexity index is 266. The van der Waals surface area contributed by atoms with E-state index < -0.39 is 0 Å². The molecule has 0 fully saturated rings. The third kappa shape index (κ3) is 2.76. The maximum Gasteiger partial charge on any atom is 0.122 e. The highest BCUT2D eigenvalue weighted by molar-refractivity contribution is 5.39. The van der Waals surface area contributed by atoms with Crippen LogP contribution in [0.5, 0.6) is 5.75 Å². The van der Waals surface area contributed by atoms with Crippen LogP contribution >= 0.6 is 0 Å². The summed E-state index contributed by atoms with van der Waals surface area (Å²) in [7, 11) is 0. The molecule has 1 heteroatoms. The second-order valence-corrected chi connectivity index (χ2v) is 3.42. The second kappa shape index (κ2) is 4.90. The van der Waals surface area contributed by atoms with Crippen molar-refractivity contribution in [1.29, 1.82) is 0 Å². The smallest absolute Gasteiger partial charge is 0.122 e. The maximum atomic E-state index is 5.35. The summed E-state index contributed by atoms with van der Waals surface area (Å²) >= 11 is 0. The first-order chi connectivity index (χ1) is 6.27. The van der Waals surface area contributed by atoms with Crippen LogP contribution in [-0.2, 0) is 6.42 Å². The Labute approximate surface area is 80.7 Å². The van der Waals surface area contributed by atoms with E-state index in [9.17, 15) is 0 Å². The summed E-state index contributed by atoms with van der Waals surface area (Å²) in [6.07, 6.45) is 2.33. The van der Waals surface area contributed by atoms with Gasteiger partial charge in [0.05, 0.1) is 6.61 Å². The number of benzene rings is 1. The van der Waals surface area contributed by atoms with Crippen LogP contribution in [0.1, 0.15) is 31.4 Å². The molecule has 2 rings (SSSR count). The molecule has 0 spiro atoms. The molecule has 0 bridgehead atoms. The summed E-state index contributed by atoms with van der Waals surface area (Å²) in [6.45, 7) is 7.22. The Hall–Kier alpha value is -0.980. The van der Waals surface area contributed by atoms with Crippen LogP contribution in [-0.4, -0.2) is 6.61 Å². The van der Waals surface area contributed by atoms with Crippen molar-refractivity contribution in [2.45, 2.75) is 33.6 Å². The van der Waals surface area contributed by atoms with E-state index in [2.05, 4.69) is 39.0 Å². The molecule has 0 unspecified atom stereocenters. The van der Waals surface area contributed by atoms with Crippen molar-refractivity contribution < 1.29 is 4.74 Å². The second-order valence-electron chi connectivity index (χ2n) is 3.42. The minimum atomic E-state index is 0.860. The lowest BCUT2D eigenvalue weighted by atomic mass is 10.1. The highest BCUT2D eigenvalue weighted by atomic mass is 16.5. The Morgan fingerprint density at radius 1 is 1.31 bits per heavy atom. The number of rotatable bonds is 0. The quantitative estimate of drug-likeness (QED) is 0.592. The zero-order valence-electron chi connectivity index (χ0n) is 8.76. The van der Waals surface area contributed by atoms with Crippen LogP contribution in [0, 0.1) is 6.92 Å². The normalized spacial score (nSPS) is 12.5. The van der Waals surface area contributed by atoms with Gasteiger partial charge >= 0.3 is 0 Å². The van der Waals surface area contributed by atoms with Gasteiger partial charge in [0.2, 0.25) is 0 Å². The van der Waals surface area contributed by atoms with Crippen LogP contribution in [0.15, 0.2) is 18.2 Å². The molecule has 1 heterocycles. The molecule has 72 valence electrons. The van der Waals surface area contributed by atoms with Crippen LogP contribution in [0.2, 0.25) is 0 Å². The zero-order chi connectivity index (χ0) is 9.68. The number of aryl methyl sites for hydroxylation is 1. The fraction of sp³-hybridized carbons (Fsp3) is 0.500. The molecular formula is C12H18O. The van der Waals surface area contributed by atoms with E-state index in [1.807, 2.05) is 0 Å². The Morgan fingerprint density at radius 3 is 2.69 bits per heavy atom. The van der Waals surface area contributed by atoms with Gasteiger partial charge in [-0.15, -0.1) is 0 Å². The van der Waals surface area contributed by atoms with Crippen LogP contribution in [0.4, 0.5) is 0 Å². The minimum Gasteiger partial charge on any atom is -0.493 e. The molecule has 0 saturated heterocycles. The van der Waals surface area contributed by atoms with Crippen LogP contribution < -0.4 is 4.74 Å². The average Bonchev–Trinajstić information content (AvgIpc) is 2.52. The number of hydrogen-bond donors (Lipinski definition) is 0. The molecular weight excluding hydrogens is 160 g/mol. The molecule has 0 N–H and O–H groups in total. The molecule has 1 aliphatic rings. The Kier molecular flexibility index (Phi) is 3.81. The van der Waals surface area contributed by atoms with E-state index >= 15 is 0 Å². The Balaban J connectivity index is 0.000000251. The number of hydrogen-bond acceptors (Lipinski definition) is 1. The van der Waals surface area contributed by atoms with Crippen LogP contribution in [0.3, 0.4) is 0 Å². The fourth-order valence-corrected chi connectivity index (χ4v) is 1.32. The summed E-state index contributed by atoms with van der Waals surface area (Å²) < 4.78 is 5.35. The van der Waals surface area contributed by atoms with Gasteiger partial charge in [-0.2, -0.15) is 0 Å². The molecule has 13 heavy (non-hydrogen) atoms. The standard InChI is InChI=1S/C9H10O.C3H8/c1-7-2-3-9-8(6-7)4-5-10-9;1-3-2/h2-3,6H,4-5H2,1H3;3H2,1-2H3. The summed E-state index contributed by atoms with van der Waals surface area (Å²) in [5.74, 6) is 1.07. The lowest BCUT2D eigenvalue weighted by Gasteiger charge is -1.97. The summed E-state index contributed by atoms with van der Waals surface area (Å²) in [6, 6.07) is 6.34. The predicted octanol–water partition coefficient (Wildman–Crippen LogP) is 3.35. The van der Waals surface area contributed by atoms with E-state index in [1.54, 1.807) is 0 Å². The monoisotopic (exact) mass is 178 g/mol. The largest absolute Gasteiger partial charge is 0.493 e. The maximum absolute atomic E-state index is 5.35. The number of ether oxygens (including phenoxy) is 1. The third-order valence-corrected chi connectivity index (χ3v) is 1.84. The molecule has 0 amide bonds. The molecule has 1 aliphatic heterocycles. The highest BCUT2D eigenvalue weighted by Gasteiger charge is 2.09. The summed E-state index contributed by atoms with van der Waals surface area (Å²) in [4.78, 5) is 0. The molecule has 1 aromatic rings. The summed E-state index contributed by atoms with van der Waals surface area (Å²) in [5.41, 5.74) is 2.68. The van der Waals surface area contributed by atoms with Gasteiger partial charge in [0.25, 0.3) is 0 Å². The molecule has 0 saturated carbocycles. The van der Waals surface area contributed by atoms with E-state index in [-0.39, 0.29) is 0 Å². The highest BCUT2D eigenvalue weighted by Crippen LogP contribution is 2.25. The fourth-order valence-electron chi connectivity index (χ4n) is 1.32. The lowest BCUT2D eigenvalue weighted by Crippen LogP contribution is -1.85. The number of fused-ring (bicyclic) bond motifs is 1. The van der Waals surface area contributed by atoms with Gasteiger partial charge in [0.15, 0.2) is 0 Å². The molecule has 0 aliphatic carbocycles. The molecule has 0 atom stereocenters. The van der Waals surface area contributed by atoms with Gasteiger partial charge in [-0.3, -0.25) is 0 Å². The van der Waals surface area contributed by atoms with Crippen molar-refractivity contribution >= 4 is 0 Å². The van der Waals surface area contributed by atoms with Crippen LogP contribution in [0.25, 0.3) is 0 Å². The van der Waals surface area contributed by atoms with Gasteiger partial charge in [-0.25, -0.2) is 0 Å². The zero-order valence-corrected chi connectivity index (χ0v) is 8.76. The van der Waals surface area contributed by atoms with Crippen molar-refractivity contribution in [3.63, 3.8) is 0 Å². The van der Waals surface area contributed by atoms with E-state index in [0.29, 0.717) is 0 Å². The van der Waals surface area contributed by atoms with Gasteiger partial charge in [-0.05, 0) is 18.6 Å². The average molecular weight is 178 g/mol. The van der Waals surface area contributed by atoms with Crippen molar-refractivity contribution in [2.75, 3.05) is 6.61 Å². The molecule has 0 aromatic heterocycles. The Morgan fingerprint density at radius 2 is 2.00 bits per heavy atom. The van der Waals surface area contributed by atoms with E-state index in [4.69, 9.17) is 4.74 Å². The molecule has 1 aromatic carbocycles.